The van der Waals surface area contributed by atoms with Gasteiger partial charge in [0.15, 0.2) is 11.4 Å². The number of nitrogens with zero attached hydrogens (tertiary/aromatic N) is 3. The SMILES string of the molecule is CN(c1cccc(C(N)=NO)c1)c1nc2ccccc2o1. The van der Waals surface area contributed by atoms with Crippen molar-refractivity contribution in [3.63, 3.8) is 0 Å². The fourth-order valence-corrected chi connectivity index (χ4v) is 2.05. The predicted molar refractivity (Wildman–Crippen MR) is 81.0 cm³/mol. The minimum atomic E-state index is 0.0582. The molecule has 1 aromatic heterocycles. The minimum absolute atomic E-state index is 0.0582. The lowest BCUT2D eigenvalue weighted by Crippen LogP contribution is -2.15. The first-order chi connectivity index (χ1) is 10.2. The van der Waals surface area contributed by atoms with E-state index < -0.39 is 0 Å². The number of oxime groups is 1. The summed E-state index contributed by atoms with van der Waals surface area (Å²) in [4.78, 5) is 6.23. The number of nitrogens with two attached hydrogens (primary N) is 1. The molecule has 0 atom stereocenters. The lowest BCUT2D eigenvalue weighted by molar-refractivity contribution is 0.318. The number of hydrogen-bond donors (Lipinski definition) is 2. The second-order valence-electron chi connectivity index (χ2n) is 4.56. The van der Waals surface area contributed by atoms with Crippen LogP contribution in [0, 0.1) is 0 Å². The average Bonchev–Trinajstić information content (AvgIpc) is 2.97. The van der Waals surface area contributed by atoms with Gasteiger partial charge >= 0.3 is 6.01 Å². The van der Waals surface area contributed by atoms with Crippen LogP contribution in [0.5, 0.6) is 0 Å². The zero-order valence-electron chi connectivity index (χ0n) is 11.4. The molecule has 0 spiro atoms. The number of oxazole rings is 1. The van der Waals surface area contributed by atoms with Crippen LogP contribution in [0.2, 0.25) is 0 Å². The van der Waals surface area contributed by atoms with Crippen LogP contribution in [0.1, 0.15) is 5.56 Å². The van der Waals surface area contributed by atoms with Gasteiger partial charge in [-0.1, -0.05) is 29.4 Å². The van der Waals surface area contributed by atoms with Gasteiger partial charge in [0.25, 0.3) is 0 Å². The van der Waals surface area contributed by atoms with Crippen molar-refractivity contribution in [3.05, 3.63) is 54.1 Å². The molecular weight excluding hydrogens is 268 g/mol. The van der Waals surface area contributed by atoms with E-state index in [1.54, 1.807) is 17.0 Å². The van der Waals surface area contributed by atoms with E-state index in [0.29, 0.717) is 11.6 Å². The van der Waals surface area contributed by atoms with E-state index in [1.165, 1.54) is 0 Å². The monoisotopic (exact) mass is 282 g/mol. The minimum Gasteiger partial charge on any atom is -0.423 e. The Balaban J connectivity index is 1.99. The van der Waals surface area contributed by atoms with Gasteiger partial charge in [-0.05, 0) is 24.3 Å². The Morgan fingerprint density at radius 1 is 1.24 bits per heavy atom. The number of hydrogen-bond acceptors (Lipinski definition) is 5. The summed E-state index contributed by atoms with van der Waals surface area (Å²) < 4.78 is 5.71. The maximum Gasteiger partial charge on any atom is 0.302 e. The highest BCUT2D eigenvalue weighted by Gasteiger charge is 2.12. The standard InChI is InChI=1S/C15H14N4O2/c1-19(11-6-4-5-10(9-11)14(16)18-20)15-17-12-7-2-3-8-13(12)21-15/h2-9,20H,1H3,(H2,16,18). The molecule has 0 amide bonds. The molecule has 0 radical (unpaired) electrons. The topological polar surface area (TPSA) is 87.9 Å². The molecule has 0 aliphatic rings. The molecule has 3 rings (SSSR count). The number of aromatic nitrogens is 1. The van der Waals surface area contributed by atoms with Crippen LogP contribution < -0.4 is 10.6 Å². The first kappa shape index (κ1) is 13.0. The summed E-state index contributed by atoms with van der Waals surface area (Å²) in [6.07, 6.45) is 0. The molecule has 1 heterocycles. The lowest BCUT2D eigenvalue weighted by atomic mass is 10.2. The van der Waals surface area contributed by atoms with Crippen molar-refractivity contribution in [2.75, 3.05) is 11.9 Å². The number of benzene rings is 2. The number of para-hydroxylation sites is 2. The van der Waals surface area contributed by atoms with Crippen molar-refractivity contribution in [1.82, 2.24) is 4.98 Å². The molecule has 106 valence electrons. The maximum atomic E-state index is 8.75. The van der Waals surface area contributed by atoms with Crippen molar-refractivity contribution in [2.24, 2.45) is 10.9 Å². The highest BCUT2D eigenvalue weighted by atomic mass is 16.4. The van der Waals surface area contributed by atoms with Gasteiger partial charge in [-0.25, -0.2) is 0 Å². The maximum absolute atomic E-state index is 8.75. The van der Waals surface area contributed by atoms with Crippen LogP contribution in [-0.2, 0) is 0 Å². The van der Waals surface area contributed by atoms with Gasteiger partial charge in [-0.2, -0.15) is 4.98 Å². The van der Waals surface area contributed by atoms with E-state index in [9.17, 15) is 0 Å². The van der Waals surface area contributed by atoms with E-state index in [2.05, 4.69) is 10.1 Å². The van der Waals surface area contributed by atoms with Gasteiger partial charge < -0.3 is 15.4 Å². The Labute approximate surface area is 121 Å². The highest BCUT2D eigenvalue weighted by molar-refractivity contribution is 5.98. The van der Waals surface area contributed by atoms with E-state index >= 15 is 0 Å². The summed E-state index contributed by atoms with van der Waals surface area (Å²) in [6, 6.07) is 15.3. The van der Waals surface area contributed by atoms with E-state index in [0.717, 1.165) is 16.8 Å². The van der Waals surface area contributed by atoms with Crippen LogP contribution in [0.4, 0.5) is 11.7 Å². The Hall–Kier alpha value is -3.02. The third kappa shape index (κ3) is 2.38. The Kier molecular flexibility index (Phi) is 3.19. The second-order valence-corrected chi connectivity index (χ2v) is 4.56. The Morgan fingerprint density at radius 2 is 2.05 bits per heavy atom. The van der Waals surface area contributed by atoms with Gasteiger partial charge in [0.2, 0.25) is 0 Å². The van der Waals surface area contributed by atoms with E-state index in [-0.39, 0.29) is 5.84 Å². The van der Waals surface area contributed by atoms with Crippen LogP contribution in [0.3, 0.4) is 0 Å². The van der Waals surface area contributed by atoms with Crippen molar-refractivity contribution in [2.45, 2.75) is 0 Å². The van der Waals surface area contributed by atoms with Crippen molar-refractivity contribution in [3.8, 4) is 0 Å². The van der Waals surface area contributed by atoms with Gasteiger partial charge in [0.1, 0.15) is 5.52 Å². The number of amidine groups is 1. The van der Waals surface area contributed by atoms with Crippen molar-refractivity contribution >= 4 is 28.6 Å². The van der Waals surface area contributed by atoms with Crippen molar-refractivity contribution < 1.29 is 9.62 Å². The Morgan fingerprint density at radius 3 is 2.81 bits per heavy atom. The van der Waals surface area contributed by atoms with Crippen molar-refractivity contribution in [1.29, 1.82) is 0 Å². The molecule has 3 aromatic rings. The zero-order chi connectivity index (χ0) is 14.8. The normalized spacial score (nSPS) is 11.8. The molecule has 0 saturated heterocycles. The molecule has 0 unspecified atom stereocenters. The molecule has 0 fully saturated rings. The zero-order valence-corrected chi connectivity index (χ0v) is 11.4. The van der Waals surface area contributed by atoms with Crippen LogP contribution in [0.25, 0.3) is 11.1 Å². The predicted octanol–water partition coefficient (Wildman–Crippen LogP) is 2.69. The summed E-state index contributed by atoms with van der Waals surface area (Å²) in [6.45, 7) is 0. The largest absolute Gasteiger partial charge is 0.423 e. The summed E-state index contributed by atoms with van der Waals surface area (Å²) in [5.74, 6) is 0.0582. The molecule has 0 aliphatic heterocycles. The third-order valence-electron chi connectivity index (χ3n) is 3.21. The fraction of sp³-hybridized carbons (Fsp3) is 0.0667. The lowest BCUT2D eigenvalue weighted by Gasteiger charge is -2.15. The highest BCUT2D eigenvalue weighted by Crippen LogP contribution is 2.27. The van der Waals surface area contributed by atoms with E-state index in [4.69, 9.17) is 15.4 Å². The average molecular weight is 282 g/mol. The number of rotatable bonds is 3. The molecule has 21 heavy (non-hydrogen) atoms. The van der Waals surface area contributed by atoms with Gasteiger partial charge in [0.05, 0.1) is 0 Å². The summed E-state index contributed by atoms with van der Waals surface area (Å²) in [5, 5.41) is 11.8. The molecule has 0 bridgehead atoms. The molecule has 0 saturated carbocycles. The summed E-state index contributed by atoms with van der Waals surface area (Å²) >= 11 is 0. The first-order valence-electron chi connectivity index (χ1n) is 6.36. The summed E-state index contributed by atoms with van der Waals surface area (Å²) in [7, 11) is 1.84. The molecular formula is C15H14N4O2. The quantitative estimate of drug-likeness (QED) is 0.334. The number of anilines is 2. The Bertz CT molecular complexity index is 777. The van der Waals surface area contributed by atoms with Crippen LogP contribution in [0.15, 0.2) is 58.1 Å². The third-order valence-corrected chi connectivity index (χ3v) is 3.21. The van der Waals surface area contributed by atoms with E-state index in [1.807, 2.05) is 43.4 Å². The molecule has 3 N–H and O–H groups in total. The van der Waals surface area contributed by atoms with Gasteiger partial charge in [-0.3, -0.25) is 4.90 Å². The van der Waals surface area contributed by atoms with Gasteiger partial charge in [0, 0.05) is 18.3 Å². The molecule has 0 aliphatic carbocycles. The van der Waals surface area contributed by atoms with Crippen LogP contribution in [-0.4, -0.2) is 23.1 Å². The smallest absolute Gasteiger partial charge is 0.302 e. The first-order valence-corrected chi connectivity index (χ1v) is 6.36. The molecule has 2 aromatic carbocycles. The number of fused-ring (bicyclic) bond motifs is 1. The molecule has 6 heteroatoms. The molecule has 6 nitrogen and oxygen atoms in total. The fourth-order valence-electron chi connectivity index (χ4n) is 2.05. The van der Waals surface area contributed by atoms with Gasteiger partial charge in [-0.15, -0.1) is 0 Å². The summed E-state index contributed by atoms with van der Waals surface area (Å²) in [5.41, 5.74) is 8.58. The second kappa shape index (κ2) is 5.16. The van der Waals surface area contributed by atoms with Crippen LogP contribution >= 0.6 is 0 Å².